The molecular formula is C14H14N4. The molecule has 2 aromatic heterocycles. The minimum absolute atomic E-state index is 0.706. The van der Waals surface area contributed by atoms with Gasteiger partial charge in [0, 0.05) is 24.4 Å². The molecular weight excluding hydrogens is 224 g/mol. The summed E-state index contributed by atoms with van der Waals surface area (Å²) in [6.07, 6.45) is 2.57. The quantitative estimate of drug-likeness (QED) is 0.744. The van der Waals surface area contributed by atoms with Gasteiger partial charge in [-0.2, -0.15) is 5.10 Å². The van der Waals surface area contributed by atoms with E-state index in [1.807, 2.05) is 18.3 Å². The van der Waals surface area contributed by atoms with E-state index in [9.17, 15) is 0 Å². The molecule has 2 heterocycles. The molecule has 90 valence electrons. The van der Waals surface area contributed by atoms with E-state index < -0.39 is 0 Å². The van der Waals surface area contributed by atoms with Crippen LogP contribution in [0.25, 0.3) is 5.65 Å². The van der Waals surface area contributed by atoms with Crippen molar-refractivity contribution in [2.75, 3.05) is 5.73 Å². The van der Waals surface area contributed by atoms with E-state index in [1.165, 1.54) is 11.1 Å². The summed E-state index contributed by atoms with van der Waals surface area (Å²) in [5, 5.41) is 4.43. The highest BCUT2D eigenvalue weighted by Gasteiger charge is 2.05. The molecule has 4 nitrogen and oxygen atoms in total. The van der Waals surface area contributed by atoms with Crippen LogP contribution in [0.4, 0.5) is 5.69 Å². The highest BCUT2D eigenvalue weighted by atomic mass is 15.3. The van der Waals surface area contributed by atoms with Crippen molar-refractivity contribution in [2.24, 2.45) is 0 Å². The normalized spacial score (nSPS) is 10.9. The van der Waals surface area contributed by atoms with Crippen LogP contribution in [0.3, 0.4) is 0 Å². The minimum atomic E-state index is 0.706. The van der Waals surface area contributed by atoms with Crippen LogP contribution in [0.2, 0.25) is 0 Å². The number of aromatic nitrogens is 3. The summed E-state index contributed by atoms with van der Waals surface area (Å²) < 4.78 is 1.75. The van der Waals surface area contributed by atoms with Gasteiger partial charge in [-0.15, -0.1) is 0 Å². The van der Waals surface area contributed by atoms with Crippen molar-refractivity contribution in [3.05, 3.63) is 59.5 Å². The van der Waals surface area contributed by atoms with Gasteiger partial charge in [0.25, 0.3) is 0 Å². The standard InChI is InChI=1S/C14H14N4/c1-10-3-2-4-11(7-10)8-13-16-14-9-12(15)5-6-18(14)17-13/h2-7,9H,8,15H2,1H3. The third-order valence-electron chi connectivity index (χ3n) is 2.85. The number of aryl methyl sites for hydroxylation is 1. The minimum Gasteiger partial charge on any atom is -0.399 e. The van der Waals surface area contributed by atoms with Gasteiger partial charge in [0.2, 0.25) is 0 Å². The molecule has 0 fully saturated rings. The summed E-state index contributed by atoms with van der Waals surface area (Å²) in [6, 6.07) is 12.0. The molecule has 0 aliphatic carbocycles. The van der Waals surface area contributed by atoms with Crippen molar-refractivity contribution >= 4 is 11.3 Å². The molecule has 0 unspecified atom stereocenters. The molecule has 18 heavy (non-hydrogen) atoms. The summed E-state index contributed by atoms with van der Waals surface area (Å²) in [6.45, 7) is 2.08. The summed E-state index contributed by atoms with van der Waals surface area (Å²) in [7, 11) is 0. The molecule has 3 aromatic rings. The topological polar surface area (TPSA) is 56.2 Å². The number of anilines is 1. The third-order valence-corrected chi connectivity index (χ3v) is 2.85. The molecule has 0 aliphatic rings. The van der Waals surface area contributed by atoms with Crippen molar-refractivity contribution in [1.82, 2.24) is 14.6 Å². The molecule has 0 bridgehead atoms. The Kier molecular flexibility index (Phi) is 2.48. The maximum Gasteiger partial charge on any atom is 0.157 e. The van der Waals surface area contributed by atoms with Gasteiger partial charge in [-0.1, -0.05) is 29.8 Å². The van der Waals surface area contributed by atoms with Gasteiger partial charge in [-0.25, -0.2) is 9.50 Å². The van der Waals surface area contributed by atoms with Gasteiger partial charge in [0.05, 0.1) is 0 Å². The largest absolute Gasteiger partial charge is 0.399 e. The SMILES string of the molecule is Cc1cccc(Cc2nc3cc(N)ccn3n2)c1. The lowest BCUT2D eigenvalue weighted by Crippen LogP contribution is -1.92. The second-order valence-corrected chi connectivity index (χ2v) is 4.46. The summed E-state index contributed by atoms with van der Waals surface area (Å²) in [5.41, 5.74) is 9.69. The van der Waals surface area contributed by atoms with E-state index >= 15 is 0 Å². The first-order valence-electron chi connectivity index (χ1n) is 5.87. The van der Waals surface area contributed by atoms with Gasteiger partial charge in [-0.05, 0) is 18.6 Å². The number of fused-ring (bicyclic) bond motifs is 1. The number of pyridine rings is 1. The smallest absolute Gasteiger partial charge is 0.157 e. The van der Waals surface area contributed by atoms with Crippen molar-refractivity contribution in [3.8, 4) is 0 Å². The molecule has 1 aromatic carbocycles. The lowest BCUT2D eigenvalue weighted by atomic mass is 10.1. The molecule has 2 N–H and O–H groups in total. The second-order valence-electron chi connectivity index (χ2n) is 4.46. The van der Waals surface area contributed by atoms with Crippen molar-refractivity contribution < 1.29 is 0 Å². The maximum absolute atomic E-state index is 5.72. The summed E-state index contributed by atoms with van der Waals surface area (Å²) in [4.78, 5) is 4.47. The van der Waals surface area contributed by atoms with Crippen LogP contribution in [0.5, 0.6) is 0 Å². The molecule has 4 heteroatoms. The Morgan fingerprint density at radius 3 is 2.94 bits per heavy atom. The molecule has 0 radical (unpaired) electrons. The molecule has 0 saturated heterocycles. The number of hydrogen-bond donors (Lipinski definition) is 1. The van der Waals surface area contributed by atoms with Crippen LogP contribution in [-0.4, -0.2) is 14.6 Å². The number of nitrogens with two attached hydrogens (primary N) is 1. The van der Waals surface area contributed by atoms with E-state index in [4.69, 9.17) is 5.73 Å². The Bertz CT molecular complexity index is 700. The lowest BCUT2D eigenvalue weighted by molar-refractivity contribution is 0.900. The Labute approximate surface area is 105 Å². The van der Waals surface area contributed by atoms with Crippen LogP contribution in [0, 0.1) is 6.92 Å². The predicted octanol–water partition coefficient (Wildman–Crippen LogP) is 2.21. The maximum atomic E-state index is 5.72. The Hall–Kier alpha value is -2.36. The van der Waals surface area contributed by atoms with E-state index in [1.54, 1.807) is 4.52 Å². The van der Waals surface area contributed by atoms with Crippen LogP contribution in [0.15, 0.2) is 42.6 Å². The fourth-order valence-corrected chi connectivity index (χ4v) is 2.02. The Morgan fingerprint density at radius 2 is 2.11 bits per heavy atom. The third kappa shape index (κ3) is 2.05. The van der Waals surface area contributed by atoms with E-state index in [0.29, 0.717) is 5.69 Å². The summed E-state index contributed by atoms with van der Waals surface area (Å²) in [5.74, 6) is 0.811. The fraction of sp³-hybridized carbons (Fsp3) is 0.143. The number of benzene rings is 1. The number of rotatable bonds is 2. The van der Waals surface area contributed by atoms with Crippen molar-refractivity contribution in [2.45, 2.75) is 13.3 Å². The number of nitrogen functional groups attached to an aromatic ring is 1. The lowest BCUT2D eigenvalue weighted by Gasteiger charge is -1.98. The zero-order chi connectivity index (χ0) is 12.5. The molecule has 3 rings (SSSR count). The molecule has 0 spiro atoms. The zero-order valence-electron chi connectivity index (χ0n) is 10.2. The fourth-order valence-electron chi connectivity index (χ4n) is 2.02. The first kappa shape index (κ1) is 10.8. The summed E-state index contributed by atoms with van der Waals surface area (Å²) >= 11 is 0. The zero-order valence-corrected chi connectivity index (χ0v) is 10.2. The van der Waals surface area contributed by atoms with Crippen LogP contribution in [0.1, 0.15) is 17.0 Å². The highest BCUT2D eigenvalue weighted by Crippen LogP contribution is 2.11. The van der Waals surface area contributed by atoms with E-state index in [2.05, 4.69) is 41.3 Å². The van der Waals surface area contributed by atoms with Gasteiger partial charge in [0.15, 0.2) is 11.5 Å². The average Bonchev–Trinajstić information content (AvgIpc) is 2.70. The van der Waals surface area contributed by atoms with Crippen LogP contribution < -0.4 is 5.73 Å². The van der Waals surface area contributed by atoms with Crippen LogP contribution in [-0.2, 0) is 6.42 Å². The number of hydrogen-bond acceptors (Lipinski definition) is 3. The first-order chi connectivity index (χ1) is 8.70. The Morgan fingerprint density at radius 1 is 1.22 bits per heavy atom. The Balaban J connectivity index is 1.95. The average molecular weight is 238 g/mol. The van der Waals surface area contributed by atoms with Crippen molar-refractivity contribution in [1.29, 1.82) is 0 Å². The molecule has 0 aliphatic heterocycles. The van der Waals surface area contributed by atoms with Gasteiger partial charge >= 0.3 is 0 Å². The van der Waals surface area contributed by atoms with Gasteiger partial charge in [-0.3, -0.25) is 0 Å². The van der Waals surface area contributed by atoms with Gasteiger partial charge in [0.1, 0.15) is 0 Å². The second kappa shape index (κ2) is 4.14. The van der Waals surface area contributed by atoms with Crippen LogP contribution >= 0.6 is 0 Å². The number of nitrogens with zero attached hydrogens (tertiary/aromatic N) is 3. The molecule has 0 saturated carbocycles. The first-order valence-corrected chi connectivity index (χ1v) is 5.87. The van der Waals surface area contributed by atoms with Crippen molar-refractivity contribution in [3.63, 3.8) is 0 Å². The van der Waals surface area contributed by atoms with E-state index in [0.717, 1.165) is 17.9 Å². The molecule has 0 atom stereocenters. The monoisotopic (exact) mass is 238 g/mol. The molecule has 0 amide bonds. The highest BCUT2D eigenvalue weighted by molar-refractivity contribution is 5.50. The predicted molar refractivity (Wildman–Crippen MR) is 71.4 cm³/mol. The van der Waals surface area contributed by atoms with E-state index in [-0.39, 0.29) is 0 Å². The van der Waals surface area contributed by atoms with Gasteiger partial charge < -0.3 is 5.73 Å².